The molecule has 5 nitrogen and oxygen atoms in total. The van der Waals surface area contributed by atoms with Crippen molar-refractivity contribution >= 4 is 35.8 Å². The summed E-state index contributed by atoms with van der Waals surface area (Å²) in [6, 6.07) is 8.91. The second-order valence-corrected chi connectivity index (χ2v) is 7.63. The molecule has 1 amide bonds. The second kappa shape index (κ2) is 10.9. The minimum Gasteiger partial charge on any atom is -0.356 e. The van der Waals surface area contributed by atoms with E-state index in [1.807, 2.05) is 4.90 Å². The van der Waals surface area contributed by atoms with Gasteiger partial charge in [0, 0.05) is 38.6 Å². The number of amides is 1. The molecule has 0 spiro atoms. The highest BCUT2D eigenvalue weighted by molar-refractivity contribution is 14.0. The van der Waals surface area contributed by atoms with Crippen molar-refractivity contribution in [2.24, 2.45) is 10.9 Å². The summed E-state index contributed by atoms with van der Waals surface area (Å²) in [7, 11) is 1.80. The number of benzene rings is 1. The maximum absolute atomic E-state index is 12.6. The Balaban J connectivity index is 0.00000261. The van der Waals surface area contributed by atoms with Crippen molar-refractivity contribution < 1.29 is 4.79 Å². The van der Waals surface area contributed by atoms with Gasteiger partial charge in [0.25, 0.3) is 0 Å². The van der Waals surface area contributed by atoms with Gasteiger partial charge < -0.3 is 15.5 Å². The first-order valence-electron chi connectivity index (χ1n) is 9.97. The highest BCUT2D eigenvalue weighted by atomic mass is 127. The molecular weight excluding hydrogens is 451 g/mol. The molecule has 0 radical (unpaired) electrons. The molecular formula is C21H33IN4O. The van der Waals surface area contributed by atoms with Crippen molar-refractivity contribution in [3.63, 3.8) is 0 Å². The van der Waals surface area contributed by atoms with Gasteiger partial charge in [0.05, 0.1) is 0 Å². The number of aryl methyl sites for hydroxylation is 1. The van der Waals surface area contributed by atoms with Crippen LogP contribution in [-0.2, 0) is 11.2 Å². The lowest BCUT2D eigenvalue weighted by Gasteiger charge is -2.21. The van der Waals surface area contributed by atoms with Gasteiger partial charge in [0.15, 0.2) is 5.96 Å². The van der Waals surface area contributed by atoms with Gasteiger partial charge in [-0.1, -0.05) is 42.7 Å². The van der Waals surface area contributed by atoms with Crippen LogP contribution in [0.25, 0.3) is 0 Å². The topological polar surface area (TPSA) is 56.7 Å². The molecule has 1 saturated carbocycles. The number of nitrogens with one attached hydrogen (secondary N) is 2. The van der Waals surface area contributed by atoms with Crippen molar-refractivity contribution in [1.29, 1.82) is 0 Å². The van der Waals surface area contributed by atoms with Gasteiger partial charge in [0.1, 0.15) is 0 Å². The largest absolute Gasteiger partial charge is 0.356 e. The van der Waals surface area contributed by atoms with E-state index in [1.54, 1.807) is 7.05 Å². The lowest BCUT2D eigenvalue weighted by molar-refractivity contribution is -0.134. The summed E-state index contributed by atoms with van der Waals surface area (Å²) in [6.07, 6.45) is 6.55. The normalized spacial score (nSPS) is 20.4. The highest BCUT2D eigenvalue weighted by Gasteiger charge is 2.32. The SMILES string of the molecule is CN=C(NCCc1cccc(C)c1)NC1CCN(C(=O)C2CCCC2)C1.I. The van der Waals surface area contributed by atoms with Gasteiger partial charge in [0.2, 0.25) is 5.91 Å². The van der Waals surface area contributed by atoms with Crippen LogP contribution in [0.2, 0.25) is 0 Å². The summed E-state index contributed by atoms with van der Waals surface area (Å²) in [5.41, 5.74) is 2.63. The van der Waals surface area contributed by atoms with Crippen LogP contribution < -0.4 is 10.6 Å². The zero-order valence-electron chi connectivity index (χ0n) is 16.5. The molecule has 1 aromatic carbocycles. The predicted molar refractivity (Wildman–Crippen MR) is 122 cm³/mol. The number of carbonyl (C=O) groups is 1. The number of guanidine groups is 1. The van der Waals surface area contributed by atoms with Gasteiger partial charge >= 0.3 is 0 Å². The number of halogens is 1. The van der Waals surface area contributed by atoms with E-state index >= 15 is 0 Å². The first-order chi connectivity index (χ1) is 12.7. The van der Waals surface area contributed by atoms with E-state index in [4.69, 9.17) is 0 Å². The molecule has 2 aliphatic rings. The van der Waals surface area contributed by atoms with Crippen LogP contribution in [0.5, 0.6) is 0 Å². The molecule has 0 bridgehead atoms. The van der Waals surface area contributed by atoms with Crippen LogP contribution in [0.3, 0.4) is 0 Å². The average molecular weight is 484 g/mol. The third-order valence-electron chi connectivity index (χ3n) is 5.56. The highest BCUT2D eigenvalue weighted by Crippen LogP contribution is 2.27. The van der Waals surface area contributed by atoms with E-state index in [0.29, 0.717) is 11.9 Å². The maximum atomic E-state index is 12.6. The standard InChI is InChI=1S/C21H32N4O.HI/c1-16-6-5-7-17(14-16)10-12-23-21(22-2)24-19-11-13-25(15-19)20(26)18-8-3-4-9-18;/h5-7,14,18-19H,3-4,8-13,15H2,1-2H3,(H2,22,23,24);1H. The molecule has 1 saturated heterocycles. The minimum absolute atomic E-state index is 0. The van der Waals surface area contributed by atoms with E-state index in [-0.39, 0.29) is 29.9 Å². The van der Waals surface area contributed by atoms with Crippen LogP contribution in [0, 0.1) is 12.8 Å². The molecule has 150 valence electrons. The monoisotopic (exact) mass is 484 g/mol. The molecule has 2 fully saturated rings. The summed E-state index contributed by atoms with van der Waals surface area (Å²) in [6.45, 7) is 4.64. The van der Waals surface area contributed by atoms with Gasteiger partial charge in [-0.15, -0.1) is 24.0 Å². The van der Waals surface area contributed by atoms with Gasteiger partial charge in [-0.25, -0.2) is 0 Å². The summed E-state index contributed by atoms with van der Waals surface area (Å²) in [5, 5.41) is 6.88. The Labute approximate surface area is 180 Å². The van der Waals surface area contributed by atoms with Crippen LogP contribution in [0.1, 0.15) is 43.2 Å². The fraction of sp³-hybridized carbons (Fsp3) is 0.619. The molecule has 1 aliphatic heterocycles. The lowest BCUT2D eigenvalue weighted by atomic mass is 10.1. The Morgan fingerprint density at radius 3 is 2.74 bits per heavy atom. The zero-order valence-corrected chi connectivity index (χ0v) is 18.9. The molecule has 3 rings (SSSR count). The molecule has 2 N–H and O–H groups in total. The third-order valence-corrected chi connectivity index (χ3v) is 5.56. The number of carbonyl (C=O) groups excluding carboxylic acids is 1. The van der Waals surface area contributed by atoms with Crippen LogP contribution in [0.15, 0.2) is 29.3 Å². The Morgan fingerprint density at radius 2 is 2.04 bits per heavy atom. The molecule has 27 heavy (non-hydrogen) atoms. The van der Waals surface area contributed by atoms with Crippen molar-refractivity contribution in [1.82, 2.24) is 15.5 Å². The van der Waals surface area contributed by atoms with Gasteiger partial charge in [-0.05, 0) is 38.2 Å². The molecule has 1 atom stereocenters. The number of rotatable bonds is 5. The van der Waals surface area contributed by atoms with E-state index in [0.717, 1.165) is 51.3 Å². The Hall–Kier alpha value is -1.31. The lowest BCUT2D eigenvalue weighted by Crippen LogP contribution is -2.45. The van der Waals surface area contributed by atoms with E-state index in [1.165, 1.54) is 24.0 Å². The van der Waals surface area contributed by atoms with Crippen molar-refractivity contribution in [3.05, 3.63) is 35.4 Å². The van der Waals surface area contributed by atoms with E-state index in [9.17, 15) is 4.79 Å². The van der Waals surface area contributed by atoms with Crippen molar-refractivity contribution in [2.45, 2.75) is 51.5 Å². The number of nitrogens with zero attached hydrogens (tertiary/aromatic N) is 2. The smallest absolute Gasteiger partial charge is 0.225 e. The predicted octanol–water partition coefficient (Wildman–Crippen LogP) is 3.11. The summed E-state index contributed by atoms with van der Waals surface area (Å²) in [5.74, 6) is 1.48. The van der Waals surface area contributed by atoms with Crippen LogP contribution >= 0.6 is 24.0 Å². The minimum atomic E-state index is 0. The molecule has 1 aromatic rings. The van der Waals surface area contributed by atoms with Crippen LogP contribution in [0.4, 0.5) is 0 Å². The molecule has 1 aliphatic carbocycles. The fourth-order valence-corrected chi connectivity index (χ4v) is 4.09. The first kappa shape index (κ1) is 22.0. The molecule has 6 heteroatoms. The van der Waals surface area contributed by atoms with Gasteiger partial charge in [-0.3, -0.25) is 9.79 Å². The van der Waals surface area contributed by atoms with E-state index in [2.05, 4.69) is 46.8 Å². The Kier molecular flexibility index (Phi) is 8.86. The molecule has 1 unspecified atom stereocenters. The molecule has 0 aromatic heterocycles. The average Bonchev–Trinajstić information content (AvgIpc) is 3.32. The first-order valence-corrected chi connectivity index (χ1v) is 9.97. The second-order valence-electron chi connectivity index (χ2n) is 7.63. The summed E-state index contributed by atoms with van der Waals surface area (Å²) >= 11 is 0. The Morgan fingerprint density at radius 1 is 1.26 bits per heavy atom. The number of aliphatic imine (C=N–C) groups is 1. The summed E-state index contributed by atoms with van der Waals surface area (Å²) < 4.78 is 0. The Bertz CT molecular complexity index is 643. The summed E-state index contributed by atoms with van der Waals surface area (Å²) in [4.78, 5) is 18.9. The third kappa shape index (κ3) is 6.36. The van der Waals surface area contributed by atoms with Gasteiger partial charge in [-0.2, -0.15) is 0 Å². The fourth-order valence-electron chi connectivity index (χ4n) is 4.09. The van der Waals surface area contributed by atoms with Crippen LogP contribution in [-0.4, -0.2) is 49.5 Å². The maximum Gasteiger partial charge on any atom is 0.225 e. The van der Waals surface area contributed by atoms with E-state index < -0.39 is 0 Å². The van der Waals surface area contributed by atoms with Crippen molar-refractivity contribution in [2.75, 3.05) is 26.7 Å². The number of hydrogen-bond donors (Lipinski definition) is 2. The number of likely N-dealkylation sites (tertiary alicyclic amines) is 1. The zero-order chi connectivity index (χ0) is 18.4. The number of hydrogen-bond acceptors (Lipinski definition) is 2. The van der Waals surface area contributed by atoms with Crippen molar-refractivity contribution in [3.8, 4) is 0 Å². The quantitative estimate of drug-likeness (QED) is 0.384. The molecule has 1 heterocycles.